The van der Waals surface area contributed by atoms with Crippen LogP contribution in [0.4, 0.5) is 0 Å². The second-order valence-electron chi connectivity index (χ2n) is 10.4. The number of allylic oxidation sites excluding steroid dienone is 6. The number of rotatable bonds is 5. The Morgan fingerprint density at radius 3 is 2.33 bits per heavy atom. The summed E-state index contributed by atoms with van der Waals surface area (Å²) in [7, 11) is 1.50. The Morgan fingerprint density at radius 1 is 0.837 bits per heavy atom. The second-order valence-corrected chi connectivity index (χ2v) is 10.4. The molecular formula is C41H37NO. The lowest BCUT2D eigenvalue weighted by Crippen LogP contribution is -1.96. The van der Waals surface area contributed by atoms with Crippen molar-refractivity contribution in [3.63, 3.8) is 0 Å². The van der Waals surface area contributed by atoms with Crippen LogP contribution in [0.15, 0.2) is 150 Å². The molecule has 0 radical (unpaired) electrons. The molecule has 0 spiro atoms. The van der Waals surface area contributed by atoms with E-state index in [0.717, 1.165) is 69.6 Å². The Kier molecular flexibility index (Phi) is 9.70. The zero-order valence-electron chi connectivity index (χ0n) is 24.7. The molecule has 212 valence electrons. The smallest absolute Gasteiger partial charge is 0.134 e. The molecule has 0 amide bonds. The fourth-order valence-electron chi connectivity index (χ4n) is 5.53. The van der Waals surface area contributed by atoms with E-state index >= 15 is 0 Å². The van der Waals surface area contributed by atoms with Gasteiger partial charge in [0.1, 0.15) is 11.3 Å². The first kappa shape index (κ1) is 29.4. The molecule has 0 saturated heterocycles. The van der Waals surface area contributed by atoms with E-state index in [-0.39, 0.29) is 5.92 Å². The van der Waals surface area contributed by atoms with Gasteiger partial charge in [0.25, 0.3) is 0 Å². The van der Waals surface area contributed by atoms with Crippen molar-refractivity contribution in [2.24, 2.45) is 5.73 Å². The van der Waals surface area contributed by atoms with Crippen molar-refractivity contribution in [1.82, 2.24) is 0 Å². The Hall–Kier alpha value is -5.10. The van der Waals surface area contributed by atoms with Crippen LogP contribution >= 0.6 is 0 Å². The Bertz CT molecular complexity index is 1830. The van der Waals surface area contributed by atoms with Gasteiger partial charge in [-0.1, -0.05) is 133 Å². The van der Waals surface area contributed by atoms with Crippen LogP contribution in [0.25, 0.3) is 27.7 Å². The Morgan fingerprint density at radius 2 is 1.56 bits per heavy atom. The molecule has 1 aliphatic carbocycles. The minimum atomic E-state index is -0.135. The van der Waals surface area contributed by atoms with Crippen molar-refractivity contribution >= 4 is 16.5 Å². The van der Waals surface area contributed by atoms with Crippen LogP contribution < -0.4 is 5.73 Å². The topological polar surface area (TPSA) is 39.2 Å². The first-order valence-corrected chi connectivity index (χ1v) is 14.7. The van der Waals surface area contributed by atoms with E-state index in [4.69, 9.17) is 10.8 Å². The molecule has 4 aromatic carbocycles. The number of aryl methyl sites for hydroxylation is 1. The fourth-order valence-corrected chi connectivity index (χ4v) is 5.53. The van der Waals surface area contributed by atoms with E-state index in [0.29, 0.717) is 0 Å². The average molecular weight is 560 g/mol. The summed E-state index contributed by atoms with van der Waals surface area (Å²) in [6.07, 6.45) is 19.3. The fraction of sp³-hybridized carbons (Fsp3) is 0.122. The van der Waals surface area contributed by atoms with Crippen molar-refractivity contribution in [2.45, 2.75) is 25.2 Å². The van der Waals surface area contributed by atoms with Crippen molar-refractivity contribution in [1.29, 1.82) is 0 Å². The first-order chi connectivity index (χ1) is 21.2. The largest absolute Gasteiger partial charge is 0.461 e. The van der Waals surface area contributed by atoms with Crippen LogP contribution in [0.1, 0.15) is 40.4 Å². The summed E-state index contributed by atoms with van der Waals surface area (Å²) in [6, 6.07) is 36.1. The van der Waals surface area contributed by atoms with Crippen LogP contribution in [0.5, 0.6) is 0 Å². The molecule has 2 nitrogen and oxygen atoms in total. The maximum absolute atomic E-state index is 6.35. The molecule has 2 heteroatoms. The summed E-state index contributed by atoms with van der Waals surface area (Å²) in [5.74, 6) is 3.92. The molecule has 0 fully saturated rings. The maximum Gasteiger partial charge on any atom is 0.134 e. The lowest BCUT2D eigenvalue weighted by molar-refractivity contribution is 0.542. The monoisotopic (exact) mass is 559 g/mol. The molecule has 2 N–H and O–H groups in total. The van der Waals surface area contributed by atoms with Gasteiger partial charge in [0, 0.05) is 17.4 Å². The van der Waals surface area contributed by atoms with E-state index in [2.05, 4.69) is 127 Å². The SMILES string of the molecule is C#CC(/C=C(\c1ccccc1)c1cccc(-c2ccc3oc4c(c3c2)C/C=C\C=C/C(=C)CC4)c1)c1ccccc1.CN. The van der Waals surface area contributed by atoms with Gasteiger partial charge in [0.15, 0.2) is 0 Å². The minimum absolute atomic E-state index is 0.135. The third-order valence-electron chi connectivity index (χ3n) is 7.71. The predicted octanol–water partition coefficient (Wildman–Crippen LogP) is 9.68. The highest BCUT2D eigenvalue weighted by molar-refractivity contribution is 5.89. The average Bonchev–Trinajstić information content (AvgIpc) is 3.42. The van der Waals surface area contributed by atoms with Crippen molar-refractivity contribution in [3.05, 3.63) is 174 Å². The van der Waals surface area contributed by atoms with Gasteiger partial charge in [-0.05, 0) is 71.5 Å². The third kappa shape index (κ3) is 6.87. The second kappa shape index (κ2) is 14.2. The molecule has 0 saturated carbocycles. The molecule has 1 unspecified atom stereocenters. The number of benzene rings is 4. The van der Waals surface area contributed by atoms with Gasteiger partial charge in [-0.25, -0.2) is 0 Å². The molecule has 5 aromatic rings. The van der Waals surface area contributed by atoms with Crippen molar-refractivity contribution in [3.8, 4) is 23.5 Å². The number of hydrogen-bond donors (Lipinski definition) is 1. The molecule has 1 aromatic heterocycles. The summed E-state index contributed by atoms with van der Waals surface area (Å²) >= 11 is 0. The zero-order valence-corrected chi connectivity index (χ0v) is 24.7. The summed E-state index contributed by atoms with van der Waals surface area (Å²) in [5.41, 5.74) is 14.6. The van der Waals surface area contributed by atoms with E-state index in [1.807, 2.05) is 24.3 Å². The molecule has 1 atom stereocenters. The molecule has 0 aliphatic heterocycles. The number of fused-ring (bicyclic) bond motifs is 3. The van der Waals surface area contributed by atoms with E-state index in [9.17, 15) is 0 Å². The predicted molar refractivity (Wildman–Crippen MR) is 183 cm³/mol. The standard InChI is InChI=1S/C40H32O.CH5N/c1-3-30(31-15-8-5-9-16-31)27-37(32-17-10-6-11-18-32)35-20-13-19-33(26-35)34-23-25-40-38(28-34)36-21-12-4-7-14-29(2)22-24-39(36)41-40;1-2/h1,4-20,23,25-28,30H,2,21-22,24H2;2H2,1H3/b12-4-,14-7-,37-27+;. The molecule has 0 bridgehead atoms. The summed E-state index contributed by atoms with van der Waals surface area (Å²) < 4.78 is 6.35. The van der Waals surface area contributed by atoms with Crippen molar-refractivity contribution in [2.75, 3.05) is 7.05 Å². The lowest BCUT2D eigenvalue weighted by atomic mass is 9.89. The van der Waals surface area contributed by atoms with Crippen LogP contribution in [0.3, 0.4) is 0 Å². The van der Waals surface area contributed by atoms with Crippen LogP contribution in [-0.4, -0.2) is 7.05 Å². The number of hydrogen-bond acceptors (Lipinski definition) is 2. The third-order valence-corrected chi connectivity index (χ3v) is 7.71. The van der Waals surface area contributed by atoms with Gasteiger partial charge < -0.3 is 10.2 Å². The molecule has 6 rings (SSSR count). The summed E-state index contributed by atoms with van der Waals surface area (Å²) in [4.78, 5) is 0. The zero-order chi connectivity index (χ0) is 30.0. The normalized spacial score (nSPS) is 15.4. The van der Waals surface area contributed by atoms with Gasteiger partial charge in [0.2, 0.25) is 0 Å². The highest BCUT2D eigenvalue weighted by Crippen LogP contribution is 2.35. The van der Waals surface area contributed by atoms with Gasteiger partial charge in [-0.15, -0.1) is 6.42 Å². The Balaban J connectivity index is 0.00000180. The number of furan rings is 1. The quantitative estimate of drug-likeness (QED) is 0.218. The maximum atomic E-state index is 6.35. The molecule has 1 heterocycles. The molecular weight excluding hydrogens is 522 g/mol. The highest BCUT2D eigenvalue weighted by Gasteiger charge is 2.16. The van der Waals surface area contributed by atoms with Gasteiger partial charge >= 0.3 is 0 Å². The highest BCUT2D eigenvalue weighted by atomic mass is 16.3. The van der Waals surface area contributed by atoms with Crippen LogP contribution in [0.2, 0.25) is 0 Å². The van der Waals surface area contributed by atoms with Gasteiger partial charge in [0.05, 0.1) is 5.92 Å². The number of nitrogens with two attached hydrogens (primary N) is 1. The summed E-state index contributed by atoms with van der Waals surface area (Å²) in [6.45, 7) is 4.18. The Labute approximate surface area is 255 Å². The minimum Gasteiger partial charge on any atom is -0.461 e. The van der Waals surface area contributed by atoms with Crippen LogP contribution in [0, 0.1) is 12.3 Å². The summed E-state index contributed by atoms with van der Waals surface area (Å²) in [5, 5.41) is 1.18. The van der Waals surface area contributed by atoms with Gasteiger partial charge in [-0.2, -0.15) is 0 Å². The molecule has 43 heavy (non-hydrogen) atoms. The number of terminal acetylenes is 1. The van der Waals surface area contributed by atoms with Crippen LogP contribution in [-0.2, 0) is 12.8 Å². The first-order valence-electron chi connectivity index (χ1n) is 14.7. The van der Waals surface area contributed by atoms with E-state index < -0.39 is 0 Å². The van der Waals surface area contributed by atoms with E-state index in [1.54, 1.807) is 0 Å². The van der Waals surface area contributed by atoms with Gasteiger partial charge in [-0.3, -0.25) is 0 Å². The van der Waals surface area contributed by atoms with Crippen molar-refractivity contribution < 1.29 is 4.42 Å². The lowest BCUT2D eigenvalue weighted by Gasteiger charge is -2.14. The molecule has 1 aliphatic rings. The van der Waals surface area contributed by atoms with E-state index in [1.165, 1.54) is 18.0 Å².